The van der Waals surface area contributed by atoms with E-state index in [9.17, 15) is 14.4 Å². The predicted molar refractivity (Wildman–Crippen MR) is 88.1 cm³/mol. The van der Waals surface area contributed by atoms with Crippen molar-refractivity contribution in [2.24, 2.45) is 14.1 Å². The maximum atomic E-state index is 12.7. The van der Waals surface area contributed by atoms with Gasteiger partial charge in [0.15, 0.2) is 0 Å². The molecule has 3 heterocycles. The van der Waals surface area contributed by atoms with E-state index in [1.807, 2.05) is 13.8 Å². The van der Waals surface area contributed by atoms with Crippen molar-refractivity contribution >= 4 is 16.9 Å². The van der Waals surface area contributed by atoms with Crippen LogP contribution in [-0.4, -0.2) is 50.2 Å². The van der Waals surface area contributed by atoms with E-state index in [1.54, 1.807) is 11.0 Å². The Labute approximate surface area is 138 Å². The number of ether oxygens (including phenoxy) is 1. The van der Waals surface area contributed by atoms with Crippen molar-refractivity contribution in [1.82, 2.24) is 19.0 Å². The molecule has 8 heteroatoms. The van der Waals surface area contributed by atoms with Crippen LogP contribution < -0.4 is 11.2 Å². The molecule has 0 aromatic carbocycles. The lowest BCUT2D eigenvalue weighted by Crippen LogP contribution is -2.48. The van der Waals surface area contributed by atoms with Gasteiger partial charge in [-0.15, -0.1) is 0 Å². The summed E-state index contributed by atoms with van der Waals surface area (Å²) in [6.07, 6.45) is -0.0930. The number of aromatic nitrogens is 3. The Hall–Kier alpha value is -2.48. The lowest BCUT2D eigenvalue weighted by atomic mass is 10.2. The molecule has 1 aliphatic rings. The highest BCUT2D eigenvalue weighted by atomic mass is 16.5. The van der Waals surface area contributed by atoms with E-state index in [2.05, 4.69) is 4.98 Å². The van der Waals surface area contributed by atoms with E-state index in [1.165, 1.54) is 24.7 Å². The zero-order valence-electron chi connectivity index (χ0n) is 14.1. The third-order valence-corrected chi connectivity index (χ3v) is 4.23. The van der Waals surface area contributed by atoms with Crippen molar-refractivity contribution in [2.45, 2.75) is 26.1 Å². The minimum Gasteiger partial charge on any atom is -0.372 e. The summed E-state index contributed by atoms with van der Waals surface area (Å²) in [5.74, 6) is -0.230. The number of hydrogen-bond donors (Lipinski definition) is 0. The molecule has 2 aromatic heterocycles. The Morgan fingerprint density at radius 3 is 2.38 bits per heavy atom. The van der Waals surface area contributed by atoms with Crippen LogP contribution in [0.25, 0.3) is 11.0 Å². The second kappa shape index (κ2) is 5.86. The van der Waals surface area contributed by atoms with Crippen molar-refractivity contribution in [3.63, 3.8) is 0 Å². The lowest BCUT2D eigenvalue weighted by molar-refractivity contribution is -0.0587. The molecular weight excluding hydrogens is 312 g/mol. The SMILES string of the molecule is C[C@@H]1CN(C(=O)c2ccc3c(=O)n(C)c(=O)n(C)c3n2)C[C@H](C)O1. The third kappa shape index (κ3) is 2.62. The van der Waals surface area contributed by atoms with Crippen LogP contribution in [0, 0.1) is 0 Å². The second-order valence-corrected chi connectivity index (χ2v) is 6.24. The largest absolute Gasteiger partial charge is 0.372 e. The summed E-state index contributed by atoms with van der Waals surface area (Å²) in [6, 6.07) is 3.08. The van der Waals surface area contributed by atoms with Gasteiger partial charge < -0.3 is 9.64 Å². The van der Waals surface area contributed by atoms with Crippen LogP contribution in [0.3, 0.4) is 0 Å². The zero-order valence-corrected chi connectivity index (χ0v) is 14.1. The first-order valence-electron chi connectivity index (χ1n) is 7.81. The molecule has 0 aliphatic carbocycles. The Bertz CT molecular complexity index is 920. The molecule has 1 aliphatic heterocycles. The number of fused-ring (bicyclic) bond motifs is 1. The van der Waals surface area contributed by atoms with Crippen LogP contribution in [-0.2, 0) is 18.8 Å². The molecule has 1 saturated heterocycles. The highest BCUT2D eigenvalue weighted by Crippen LogP contribution is 2.15. The molecule has 3 rings (SSSR count). The average Bonchev–Trinajstić information content (AvgIpc) is 2.56. The molecule has 0 radical (unpaired) electrons. The number of hydrogen-bond acceptors (Lipinski definition) is 5. The number of aryl methyl sites for hydroxylation is 1. The van der Waals surface area contributed by atoms with Gasteiger partial charge in [-0.25, -0.2) is 9.78 Å². The number of morpholine rings is 1. The van der Waals surface area contributed by atoms with Gasteiger partial charge in [0, 0.05) is 27.2 Å². The van der Waals surface area contributed by atoms with Gasteiger partial charge in [-0.1, -0.05) is 0 Å². The maximum absolute atomic E-state index is 12.7. The summed E-state index contributed by atoms with van der Waals surface area (Å²) in [5, 5.41) is 0.305. The molecule has 0 bridgehead atoms. The monoisotopic (exact) mass is 332 g/mol. The smallest absolute Gasteiger partial charge is 0.332 e. The minimum atomic E-state index is -0.474. The van der Waals surface area contributed by atoms with E-state index >= 15 is 0 Å². The standard InChI is InChI=1S/C16H20N4O4/c1-9-7-20(8-10(2)24-9)15(22)12-6-5-11-13(17-12)18(3)16(23)19(4)14(11)21/h5-6,9-10H,7-8H2,1-4H3/t9-,10+. The van der Waals surface area contributed by atoms with Crippen molar-refractivity contribution in [3.8, 4) is 0 Å². The number of carbonyl (C=O) groups is 1. The lowest BCUT2D eigenvalue weighted by Gasteiger charge is -2.35. The van der Waals surface area contributed by atoms with Gasteiger partial charge >= 0.3 is 5.69 Å². The highest BCUT2D eigenvalue weighted by Gasteiger charge is 2.27. The van der Waals surface area contributed by atoms with Gasteiger partial charge in [-0.05, 0) is 26.0 Å². The first-order valence-corrected chi connectivity index (χ1v) is 7.81. The van der Waals surface area contributed by atoms with Crippen LogP contribution in [0.4, 0.5) is 0 Å². The van der Waals surface area contributed by atoms with Crippen LogP contribution in [0.15, 0.2) is 21.7 Å². The van der Waals surface area contributed by atoms with Crippen LogP contribution >= 0.6 is 0 Å². The summed E-state index contributed by atoms with van der Waals surface area (Å²) < 4.78 is 7.93. The number of rotatable bonds is 1. The Morgan fingerprint density at radius 2 is 1.75 bits per heavy atom. The van der Waals surface area contributed by atoms with E-state index in [0.717, 1.165) is 4.57 Å². The molecule has 0 spiro atoms. The normalized spacial score (nSPS) is 21.2. The van der Waals surface area contributed by atoms with Gasteiger partial charge in [-0.3, -0.25) is 18.7 Å². The minimum absolute atomic E-state index is 0.0465. The second-order valence-electron chi connectivity index (χ2n) is 6.24. The zero-order chi connectivity index (χ0) is 17.6. The third-order valence-electron chi connectivity index (χ3n) is 4.23. The molecule has 24 heavy (non-hydrogen) atoms. The highest BCUT2D eigenvalue weighted by molar-refractivity contribution is 5.94. The Kier molecular flexibility index (Phi) is 4.00. The summed E-state index contributed by atoms with van der Waals surface area (Å²) in [6.45, 7) is 4.80. The fourth-order valence-corrected chi connectivity index (χ4v) is 3.08. The van der Waals surface area contributed by atoms with E-state index in [4.69, 9.17) is 4.74 Å². The molecule has 1 fully saturated rings. The Morgan fingerprint density at radius 1 is 1.12 bits per heavy atom. The van der Waals surface area contributed by atoms with Crippen LogP contribution in [0.5, 0.6) is 0 Å². The molecule has 2 aromatic rings. The number of pyridine rings is 1. The average molecular weight is 332 g/mol. The number of nitrogens with zero attached hydrogens (tertiary/aromatic N) is 4. The molecule has 1 amide bonds. The predicted octanol–water partition coefficient (Wildman–Crippen LogP) is -0.118. The summed E-state index contributed by atoms with van der Waals surface area (Å²) >= 11 is 0. The molecule has 128 valence electrons. The number of carbonyl (C=O) groups excluding carboxylic acids is 1. The first kappa shape index (κ1) is 16.4. The fourth-order valence-electron chi connectivity index (χ4n) is 3.08. The fraction of sp³-hybridized carbons (Fsp3) is 0.500. The van der Waals surface area contributed by atoms with Gasteiger partial charge in [0.05, 0.1) is 17.6 Å². The van der Waals surface area contributed by atoms with Gasteiger partial charge in [0.2, 0.25) is 0 Å². The van der Waals surface area contributed by atoms with Crippen molar-refractivity contribution in [3.05, 3.63) is 38.7 Å². The number of amides is 1. The Balaban J connectivity index is 2.07. The first-order chi connectivity index (χ1) is 11.3. The summed E-state index contributed by atoms with van der Waals surface area (Å²) in [5.41, 5.74) is -0.471. The van der Waals surface area contributed by atoms with E-state index in [0.29, 0.717) is 18.5 Å². The van der Waals surface area contributed by atoms with Gasteiger partial charge in [0.1, 0.15) is 11.3 Å². The van der Waals surface area contributed by atoms with Crippen LogP contribution in [0.2, 0.25) is 0 Å². The molecule has 2 atom stereocenters. The topological polar surface area (TPSA) is 86.4 Å². The van der Waals surface area contributed by atoms with E-state index in [-0.39, 0.29) is 29.5 Å². The van der Waals surface area contributed by atoms with Crippen molar-refractivity contribution < 1.29 is 9.53 Å². The molecule has 0 N–H and O–H groups in total. The van der Waals surface area contributed by atoms with Gasteiger partial charge in [-0.2, -0.15) is 0 Å². The molecule has 0 saturated carbocycles. The summed E-state index contributed by atoms with van der Waals surface area (Å²) in [7, 11) is 2.95. The quantitative estimate of drug-likeness (QED) is 0.727. The van der Waals surface area contributed by atoms with Crippen molar-refractivity contribution in [1.29, 1.82) is 0 Å². The van der Waals surface area contributed by atoms with Crippen LogP contribution in [0.1, 0.15) is 24.3 Å². The van der Waals surface area contributed by atoms with Crippen molar-refractivity contribution in [2.75, 3.05) is 13.1 Å². The molecule has 0 unspecified atom stereocenters. The summed E-state index contributed by atoms with van der Waals surface area (Å²) in [4.78, 5) is 42.9. The maximum Gasteiger partial charge on any atom is 0.332 e. The van der Waals surface area contributed by atoms with Gasteiger partial charge in [0.25, 0.3) is 11.5 Å². The molecule has 8 nitrogen and oxygen atoms in total. The molecular formula is C16H20N4O4. The van der Waals surface area contributed by atoms with E-state index < -0.39 is 11.2 Å².